The van der Waals surface area contributed by atoms with Gasteiger partial charge in [0.2, 0.25) is 0 Å². The quantitative estimate of drug-likeness (QED) is 0.539. The van der Waals surface area contributed by atoms with Crippen LogP contribution in [-0.4, -0.2) is 85.3 Å². The lowest BCUT2D eigenvalue weighted by molar-refractivity contribution is -0.116. The van der Waals surface area contributed by atoms with Crippen molar-refractivity contribution < 1.29 is 4.74 Å². The van der Waals surface area contributed by atoms with Gasteiger partial charge in [-0.15, -0.1) is 0 Å². The van der Waals surface area contributed by atoms with E-state index in [9.17, 15) is 0 Å². The van der Waals surface area contributed by atoms with E-state index in [1.165, 1.54) is 110 Å². The summed E-state index contributed by atoms with van der Waals surface area (Å²) in [6.45, 7) is 23.3. The van der Waals surface area contributed by atoms with Crippen LogP contribution in [0.3, 0.4) is 0 Å². The van der Waals surface area contributed by atoms with Crippen LogP contribution in [0.2, 0.25) is 0 Å². The summed E-state index contributed by atoms with van der Waals surface area (Å²) >= 11 is 0. The summed E-state index contributed by atoms with van der Waals surface area (Å²) in [7, 11) is 0. The van der Waals surface area contributed by atoms with Gasteiger partial charge in [0.15, 0.2) is 0 Å². The molecule has 1 spiro atoms. The van der Waals surface area contributed by atoms with Gasteiger partial charge in [-0.3, -0.25) is 0 Å². The molecule has 0 aromatic heterocycles. The molecule has 0 bridgehead atoms. The third-order valence-corrected chi connectivity index (χ3v) is 8.91. The largest absolute Gasteiger partial charge is 0.373 e. The first kappa shape index (κ1) is 24.9. The van der Waals surface area contributed by atoms with Gasteiger partial charge in [-0.2, -0.15) is 0 Å². The maximum Gasteiger partial charge on any atom is 0.0602 e. The van der Waals surface area contributed by atoms with E-state index in [4.69, 9.17) is 4.74 Å². The lowest BCUT2D eigenvalue weighted by atomic mass is 9.71. The summed E-state index contributed by atoms with van der Waals surface area (Å²) in [6.07, 6.45) is 11.7. The average molecular weight is 448 g/mol. The number of hydrogen-bond donors (Lipinski definition) is 0. The molecule has 32 heavy (non-hydrogen) atoms. The van der Waals surface area contributed by atoms with E-state index in [2.05, 4.69) is 49.3 Å². The minimum atomic E-state index is 0.0210. The topological polar surface area (TPSA) is 19.0 Å². The highest BCUT2D eigenvalue weighted by atomic mass is 16.5. The molecule has 1 aliphatic carbocycles. The molecule has 0 atom stereocenters. The zero-order valence-electron chi connectivity index (χ0n) is 22.1. The molecule has 4 heteroatoms. The van der Waals surface area contributed by atoms with Gasteiger partial charge in [-0.25, -0.2) is 0 Å². The Balaban J connectivity index is 1.08. The minimum Gasteiger partial charge on any atom is -0.373 e. The van der Waals surface area contributed by atoms with E-state index in [0.717, 1.165) is 17.8 Å². The Hall–Kier alpha value is -0.160. The summed E-state index contributed by atoms with van der Waals surface area (Å²) in [5, 5.41) is 0. The second-order valence-corrected chi connectivity index (χ2v) is 13.4. The van der Waals surface area contributed by atoms with Crippen molar-refractivity contribution in [1.82, 2.24) is 14.7 Å². The van der Waals surface area contributed by atoms with Crippen LogP contribution in [0, 0.1) is 23.2 Å². The van der Waals surface area contributed by atoms with Gasteiger partial charge in [0, 0.05) is 19.6 Å². The molecule has 0 aromatic carbocycles. The van der Waals surface area contributed by atoms with Crippen LogP contribution >= 0.6 is 0 Å². The molecule has 0 unspecified atom stereocenters. The van der Waals surface area contributed by atoms with E-state index in [1.807, 2.05) is 0 Å². The molecular weight excluding hydrogens is 394 g/mol. The Morgan fingerprint density at radius 2 is 1.25 bits per heavy atom. The normalized spacial score (nSPS) is 31.3. The van der Waals surface area contributed by atoms with Crippen molar-refractivity contribution in [3.8, 4) is 0 Å². The van der Waals surface area contributed by atoms with Crippen LogP contribution in [0.25, 0.3) is 0 Å². The lowest BCUT2D eigenvalue weighted by Crippen LogP contribution is -2.49. The molecule has 3 heterocycles. The van der Waals surface area contributed by atoms with Gasteiger partial charge in [-0.05, 0) is 135 Å². The molecular formula is C28H53N3O. The van der Waals surface area contributed by atoms with E-state index < -0.39 is 0 Å². The van der Waals surface area contributed by atoms with E-state index in [1.54, 1.807) is 0 Å². The monoisotopic (exact) mass is 447 g/mol. The molecule has 0 amide bonds. The van der Waals surface area contributed by atoms with E-state index in [0.29, 0.717) is 11.5 Å². The molecule has 0 aromatic rings. The summed E-state index contributed by atoms with van der Waals surface area (Å²) in [5.41, 5.74) is 0.706. The molecule has 4 fully saturated rings. The van der Waals surface area contributed by atoms with Crippen LogP contribution in [-0.2, 0) is 4.74 Å². The molecule has 186 valence electrons. The van der Waals surface area contributed by atoms with Gasteiger partial charge in [0.25, 0.3) is 0 Å². The number of nitrogens with zero attached hydrogens (tertiary/aromatic N) is 3. The molecule has 4 nitrogen and oxygen atoms in total. The Kier molecular flexibility index (Phi) is 8.28. The Morgan fingerprint density at radius 1 is 0.750 bits per heavy atom. The first-order valence-corrected chi connectivity index (χ1v) is 14.0. The van der Waals surface area contributed by atoms with Gasteiger partial charge in [0.1, 0.15) is 0 Å². The third kappa shape index (κ3) is 7.17. The smallest absolute Gasteiger partial charge is 0.0602 e. The molecule has 1 saturated carbocycles. The van der Waals surface area contributed by atoms with Crippen molar-refractivity contribution in [2.24, 2.45) is 23.2 Å². The first-order chi connectivity index (χ1) is 15.2. The first-order valence-electron chi connectivity index (χ1n) is 14.0. The van der Waals surface area contributed by atoms with Crippen molar-refractivity contribution in [2.45, 2.75) is 97.7 Å². The van der Waals surface area contributed by atoms with Crippen molar-refractivity contribution in [2.75, 3.05) is 58.9 Å². The summed E-state index contributed by atoms with van der Waals surface area (Å²) in [5.74, 6) is 2.63. The van der Waals surface area contributed by atoms with Crippen LogP contribution in [0.5, 0.6) is 0 Å². The van der Waals surface area contributed by atoms with E-state index in [-0.39, 0.29) is 5.60 Å². The number of ether oxygens (including phenoxy) is 1. The number of piperidine rings is 3. The zero-order valence-corrected chi connectivity index (χ0v) is 22.1. The summed E-state index contributed by atoms with van der Waals surface area (Å²) in [6, 6.07) is 0. The average Bonchev–Trinajstić information content (AvgIpc) is 2.70. The summed E-state index contributed by atoms with van der Waals surface area (Å²) < 4.78 is 6.13. The number of likely N-dealkylation sites (tertiary alicyclic amines) is 3. The van der Waals surface area contributed by atoms with Gasteiger partial charge in [-0.1, -0.05) is 13.8 Å². The minimum absolute atomic E-state index is 0.0210. The summed E-state index contributed by atoms with van der Waals surface area (Å²) in [4.78, 5) is 8.30. The third-order valence-electron chi connectivity index (χ3n) is 8.91. The highest BCUT2D eigenvalue weighted by molar-refractivity contribution is 4.92. The Labute approximate surface area is 199 Å². The van der Waals surface area contributed by atoms with Crippen molar-refractivity contribution in [3.63, 3.8) is 0 Å². The molecule has 0 radical (unpaired) electrons. The highest BCUT2D eigenvalue weighted by Crippen LogP contribution is 2.41. The molecule has 4 aliphatic rings. The fourth-order valence-corrected chi connectivity index (χ4v) is 6.94. The molecule has 0 N–H and O–H groups in total. The SMILES string of the molecule is CC(C)CN1CCC2(CC1)CCN(CC1CCN(C[C@H]3C[C@H](OC(C)(C)C)C3)CC1)CC2. The van der Waals surface area contributed by atoms with Gasteiger partial charge in [0.05, 0.1) is 11.7 Å². The Morgan fingerprint density at radius 3 is 1.78 bits per heavy atom. The van der Waals surface area contributed by atoms with Gasteiger partial charge >= 0.3 is 0 Å². The fraction of sp³-hybridized carbons (Fsp3) is 1.00. The van der Waals surface area contributed by atoms with E-state index >= 15 is 0 Å². The number of hydrogen-bond acceptors (Lipinski definition) is 4. The van der Waals surface area contributed by atoms with Crippen molar-refractivity contribution in [3.05, 3.63) is 0 Å². The molecule has 3 aliphatic heterocycles. The Bertz CT molecular complexity index is 554. The van der Waals surface area contributed by atoms with Crippen LogP contribution < -0.4 is 0 Å². The zero-order chi connectivity index (χ0) is 22.8. The number of rotatable bonds is 7. The van der Waals surface area contributed by atoms with Crippen molar-refractivity contribution >= 4 is 0 Å². The van der Waals surface area contributed by atoms with Gasteiger partial charge < -0.3 is 19.4 Å². The predicted octanol–water partition coefficient (Wildman–Crippen LogP) is 5.13. The predicted molar refractivity (Wildman–Crippen MR) is 135 cm³/mol. The van der Waals surface area contributed by atoms with Crippen LogP contribution in [0.15, 0.2) is 0 Å². The maximum absolute atomic E-state index is 6.13. The fourth-order valence-electron chi connectivity index (χ4n) is 6.94. The molecule has 4 rings (SSSR count). The second-order valence-electron chi connectivity index (χ2n) is 13.4. The standard InChI is InChI=1S/C28H53N3O/c1-23(2)20-30-14-8-28(9-15-30)10-16-31(17-11-28)21-24-6-12-29(13-7-24)22-25-18-26(19-25)32-27(3,4)5/h23-26H,6-22H2,1-5H3/t25-,26-. The second kappa shape index (κ2) is 10.6. The van der Waals surface area contributed by atoms with Crippen LogP contribution in [0.1, 0.15) is 86.0 Å². The lowest BCUT2D eigenvalue weighted by Gasteiger charge is -2.48. The van der Waals surface area contributed by atoms with Crippen molar-refractivity contribution in [1.29, 1.82) is 0 Å². The highest BCUT2D eigenvalue weighted by Gasteiger charge is 2.38. The van der Waals surface area contributed by atoms with Crippen LogP contribution in [0.4, 0.5) is 0 Å². The maximum atomic E-state index is 6.13. The molecule has 3 saturated heterocycles.